The van der Waals surface area contributed by atoms with E-state index in [0.717, 1.165) is 76.4 Å². The SMILES string of the molecule is C=CCNc1nc(N(CCCC)C2CC(C)(C)N(C)C(C)(C)C2)nc(N(CCCC)C2CC(C)(C)N(C)C(C)(C)C2)n1. The van der Waals surface area contributed by atoms with Crippen LogP contribution in [0.15, 0.2) is 12.7 Å². The third kappa shape index (κ3) is 7.77. The van der Waals surface area contributed by atoms with E-state index in [2.05, 4.69) is 115 Å². The van der Waals surface area contributed by atoms with Gasteiger partial charge in [-0.15, -0.1) is 6.58 Å². The van der Waals surface area contributed by atoms with E-state index in [-0.39, 0.29) is 22.2 Å². The molecule has 0 aromatic carbocycles. The highest BCUT2D eigenvalue weighted by atomic mass is 15.4. The molecule has 0 amide bonds. The van der Waals surface area contributed by atoms with Gasteiger partial charge in [0.1, 0.15) is 0 Å². The van der Waals surface area contributed by atoms with Crippen LogP contribution in [-0.2, 0) is 0 Å². The third-order valence-electron chi connectivity index (χ3n) is 10.5. The standard InChI is InChI=1S/C34H64N8/c1-14-17-20-41(26-22-31(4,5)39(12)32(6,7)23-26)29-36-28(35-19-16-3)37-30(38-29)42(21-18-15-2)27-24-33(8,9)40(13)34(10,11)25-27/h16,26-27H,3,14-15,17-25H2,1-2,4-13H3,(H,35,36,37,38). The molecule has 2 fully saturated rings. The zero-order valence-electron chi connectivity index (χ0n) is 29.3. The number of nitrogens with zero attached hydrogens (tertiary/aromatic N) is 7. The number of unbranched alkanes of at least 4 members (excludes halogenated alkanes) is 2. The summed E-state index contributed by atoms with van der Waals surface area (Å²) in [6.07, 6.45) is 10.7. The molecule has 0 spiro atoms. The molecule has 0 aliphatic carbocycles. The van der Waals surface area contributed by atoms with Crippen molar-refractivity contribution < 1.29 is 0 Å². The van der Waals surface area contributed by atoms with E-state index in [9.17, 15) is 0 Å². The predicted molar refractivity (Wildman–Crippen MR) is 181 cm³/mol. The van der Waals surface area contributed by atoms with Crippen molar-refractivity contribution >= 4 is 17.8 Å². The van der Waals surface area contributed by atoms with Crippen LogP contribution >= 0.6 is 0 Å². The fraction of sp³-hybridized carbons (Fsp3) is 0.853. The van der Waals surface area contributed by atoms with Gasteiger partial charge >= 0.3 is 0 Å². The lowest BCUT2D eigenvalue weighted by Gasteiger charge is -2.56. The average Bonchev–Trinajstić information content (AvgIpc) is 2.89. The Bertz CT molecular complexity index is 924. The van der Waals surface area contributed by atoms with E-state index < -0.39 is 0 Å². The summed E-state index contributed by atoms with van der Waals surface area (Å²) in [5, 5.41) is 3.43. The van der Waals surface area contributed by atoms with Gasteiger partial charge in [-0.3, -0.25) is 9.80 Å². The molecule has 3 heterocycles. The number of hydrogen-bond acceptors (Lipinski definition) is 8. The van der Waals surface area contributed by atoms with Crippen LogP contribution in [0.1, 0.15) is 121 Å². The van der Waals surface area contributed by atoms with Gasteiger partial charge < -0.3 is 15.1 Å². The molecule has 0 radical (unpaired) electrons. The van der Waals surface area contributed by atoms with Gasteiger partial charge in [0.25, 0.3) is 0 Å². The molecular weight excluding hydrogens is 520 g/mol. The summed E-state index contributed by atoms with van der Waals surface area (Å²) in [5.41, 5.74) is 0.314. The number of hydrogen-bond donors (Lipinski definition) is 1. The second kappa shape index (κ2) is 13.4. The monoisotopic (exact) mass is 585 g/mol. The lowest BCUT2D eigenvalue weighted by molar-refractivity contribution is -0.0130. The molecule has 0 saturated carbocycles. The summed E-state index contributed by atoms with van der Waals surface area (Å²) in [4.78, 5) is 25.7. The van der Waals surface area contributed by atoms with Crippen LogP contribution in [0, 0.1) is 0 Å². The fourth-order valence-corrected chi connectivity index (χ4v) is 7.48. The maximum atomic E-state index is 5.36. The van der Waals surface area contributed by atoms with Crippen molar-refractivity contribution in [3.8, 4) is 0 Å². The molecule has 8 nitrogen and oxygen atoms in total. The van der Waals surface area contributed by atoms with Gasteiger partial charge in [0, 0.05) is 53.9 Å². The number of rotatable bonds is 13. The van der Waals surface area contributed by atoms with Crippen LogP contribution in [-0.4, -0.2) is 92.7 Å². The third-order valence-corrected chi connectivity index (χ3v) is 10.5. The van der Waals surface area contributed by atoms with E-state index in [4.69, 9.17) is 15.0 Å². The summed E-state index contributed by atoms with van der Waals surface area (Å²) in [7, 11) is 4.56. The summed E-state index contributed by atoms with van der Waals surface area (Å²) in [5.74, 6) is 2.28. The van der Waals surface area contributed by atoms with Crippen LogP contribution in [0.3, 0.4) is 0 Å². The van der Waals surface area contributed by atoms with Crippen LogP contribution in [0.25, 0.3) is 0 Å². The largest absolute Gasteiger partial charge is 0.351 e. The first-order valence-electron chi connectivity index (χ1n) is 16.6. The fourth-order valence-electron chi connectivity index (χ4n) is 7.48. The zero-order chi connectivity index (χ0) is 31.5. The summed E-state index contributed by atoms with van der Waals surface area (Å²) < 4.78 is 0. The summed E-state index contributed by atoms with van der Waals surface area (Å²) in [6.45, 7) is 30.0. The van der Waals surface area contributed by atoms with Crippen molar-refractivity contribution in [2.45, 2.75) is 155 Å². The van der Waals surface area contributed by atoms with E-state index >= 15 is 0 Å². The van der Waals surface area contributed by atoms with Gasteiger partial charge in [-0.2, -0.15) is 15.0 Å². The van der Waals surface area contributed by atoms with Crippen molar-refractivity contribution in [3.05, 3.63) is 12.7 Å². The van der Waals surface area contributed by atoms with Crippen molar-refractivity contribution in [1.82, 2.24) is 24.8 Å². The van der Waals surface area contributed by atoms with Crippen molar-refractivity contribution in [2.24, 2.45) is 0 Å². The molecule has 42 heavy (non-hydrogen) atoms. The Kier molecular flexibility index (Phi) is 11.0. The number of piperidine rings is 2. The number of anilines is 3. The van der Waals surface area contributed by atoms with E-state index in [0.29, 0.717) is 24.6 Å². The van der Waals surface area contributed by atoms with Crippen molar-refractivity contribution in [3.63, 3.8) is 0 Å². The van der Waals surface area contributed by atoms with Gasteiger partial charge in [-0.25, -0.2) is 0 Å². The topological polar surface area (TPSA) is 63.7 Å². The van der Waals surface area contributed by atoms with Crippen LogP contribution in [0.4, 0.5) is 17.8 Å². The first kappa shape index (κ1) is 34.6. The quantitative estimate of drug-likeness (QED) is 0.249. The number of nitrogens with one attached hydrogen (secondary N) is 1. The Labute approximate surface area is 258 Å². The Morgan fingerprint density at radius 2 is 1.07 bits per heavy atom. The minimum absolute atomic E-state index is 0.0785. The highest BCUT2D eigenvalue weighted by Crippen LogP contribution is 2.42. The minimum Gasteiger partial charge on any atom is -0.351 e. The zero-order valence-corrected chi connectivity index (χ0v) is 29.3. The molecule has 2 aliphatic heterocycles. The minimum atomic E-state index is 0.0785. The maximum absolute atomic E-state index is 5.36. The Morgan fingerprint density at radius 3 is 1.38 bits per heavy atom. The average molecular weight is 585 g/mol. The smallest absolute Gasteiger partial charge is 0.232 e. The maximum Gasteiger partial charge on any atom is 0.232 e. The molecular formula is C34H64N8. The molecule has 0 atom stereocenters. The molecule has 1 aromatic rings. The van der Waals surface area contributed by atoms with Gasteiger partial charge in [0.05, 0.1) is 0 Å². The van der Waals surface area contributed by atoms with Crippen molar-refractivity contribution in [1.29, 1.82) is 0 Å². The summed E-state index contributed by atoms with van der Waals surface area (Å²) >= 11 is 0. The molecule has 1 aromatic heterocycles. The van der Waals surface area contributed by atoms with Crippen molar-refractivity contribution in [2.75, 3.05) is 48.8 Å². The Hall–Kier alpha value is -1.93. The highest BCUT2D eigenvalue weighted by Gasteiger charge is 2.47. The highest BCUT2D eigenvalue weighted by molar-refractivity contribution is 5.47. The van der Waals surface area contributed by atoms with Crippen LogP contribution in [0.2, 0.25) is 0 Å². The second-order valence-electron chi connectivity index (χ2n) is 15.5. The Morgan fingerprint density at radius 1 is 0.714 bits per heavy atom. The molecule has 0 bridgehead atoms. The van der Waals surface area contributed by atoms with Crippen LogP contribution < -0.4 is 15.1 Å². The number of aromatic nitrogens is 3. The van der Waals surface area contributed by atoms with Gasteiger partial charge in [0.2, 0.25) is 17.8 Å². The second-order valence-corrected chi connectivity index (χ2v) is 15.5. The first-order chi connectivity index (χ1) is 19.5. The number of likely N-dealkylation sites (tertiary alicyclic amines) is 2. The normalized spacial score (nSPS) is 22.6. The Balaban J connectivity index is 2.13. The first-order valence-corrected chi connectivity index (χ1v) is 16.6. The van der Waals surface area contributed by atoms with Gasteiger partial charge in [-0.05, 0) is 108 Å². The predicted octanol–water partition coefficient (Wildman–Crippen LogP) is 6.99. The molecule has 1 N–H and O–H groups in total. The molecule has 0 unspecified atom stereocenters. The van der Waals surface area contributed by atoms with E-state index in [1.807, 2.05) is 6.08 Å². The van der Waals surface area contributed by atoms with Gasteiger partial charge in [0.15, 0.2) is 0 Å². The molecule has 240 valence electrons. The molecule has 2 aliphatic rings. The van der Waals surface area contributed by atoms with Gasteiger partial charge in [-0.1, -0.05) is 32.8 Å². The lowest BCUT2D eigenvalue weighted by Crippen LogP contribution is -2.63. The van der Waals surface area contributed by atoms with E-state index in [1.165, 1.54) is 0 Å². The molecule has 8 heteroatoms. The molecule has 2 saturated heterocycles. The van der Waals surface area contributed by atoms with Crippen LogP contribution in [0.5, 0.6) is 0 Å². The lowest BCUT2D eigenvalue weighted by atomic mass is 9.77. The summed E-state index contributed by atoms with van der Waals surface area (Å²) in [6, 6.07) is 0.705. The molecule has 3 rings (SSSR count). The van der Waals surface area contributed by atoms with E-state index in [1.54, 1.807) is 0 Å².